The lowest BCUT2D eigenvalue weighted by Crippen LogP contribution is -1.98. The maximum Gasteiger partial charge on any atom is 0.335 e. The number of benzene rings is 1. The van der Waals surface area contributed by atoms with Gasteiger partial charge in [0.25, 0.3) is 0 Å². The Morgan fingerprint density at radius 1 is 1.21 bits per heavy atom. The smallest absolute Gasteiger partial charge is 0.309 e. The zero-order chi connectivity index (χ0) is 13.9. The van der Waals surface area contributed by atoms with Gasteiger partial charge in [-0.15, -0.1) is 11.3 Å². The van der Waals surface area contributed by atoms with Crippen LogP contribution in [0.25, 0.3) is 10.1 Å². The molecule has 0 aliphatic heterocycles. The van der Waals surface area contributed by atoms with Crippen molar-refractivity contribution in [2.24, 2.45) is 0 Å². The first-order valence-electron chi connectivity index (χ1n) is 6.13. The van der Waals surface area contributed by atoms with Crippen LogP contribution in [-0.2, 0) is 19.8 Å². The van der Waals surface area contributed by atoms with Crippen LogP contribution in [0.2, 0.25) is 0 Å². The van der Waals surface area contributed by atoms with Crippen molar-refractivity contribution in [1.29, 1.82) is 0 Å². The summed E-state index contributed by atoms with van der Waals surface area (Å²) in [4.78, 5) is 1.01. The van der Waals surface area contributed by atoms with Crippen LogP contribution in [0, 0.1) is 0 Å². The average molecular weight is 363 g/mol. The van der Waals surface area contributed by atoms with Crippen LogP contribution in [0.1, 0.15) is 18.7 Å². The Balaban J connectivity index is 2.34. The lowest BCUT2D eigenvalue weighted by Gasteiger charge is -2.16. The highest BCUT2D eigenvalue weighted by Gasteiger charge is 2.26. The van der Waals surface area contributed by atoms with Gasteiger partial charge in [0, 0.05) is 19.4 Å². The summed E-state index contributed by atoms with van der Waals surface area (Å²) in [5.74, 6) is 0. The Morgan fingerprint density at radius 3 is 2.42 bits per heavy atom. The van der Waals surface area contributed by atoms with Crippen molar-refractivity contribution in [3.05, 3.63) is 33.6 Å². The Morgan fingerprint density at radius 2 is 1.84 bits per heavy atom. The number of fused-ring (bicyclic) bond motifs is 1. The van der Waals surface area contributed by atoms with Crippen LogP contribution >= 0.6 is 34.9 Å². The van der Waals surface area contributed by atoms with E-state index in [1.54, 1.807) is 11.3 Å². The molecule has 1 aromatic heterocycles. The SMILES string of the molecule is CCOP(=O)(Cc1sc2ccccc2c1Br)OCC. The largest absolute Gasteiger partial charge is 0.335 e. The fourth-order valence-electron chi connectivity index (χ4n) is 1.86. The molecule has 0 aliphatic carbocycles. The normalized spacial score (nSPS) is 12.2. The molecule has 0 unspecified atom stereocenters. The summed E-state index contributed by atoms with van der Waals surface area (Å²) >= 11 is 5.21. The average Bonchev–Trinajstić information content (AvgIpc) is 2.67. The summed E-state index contributed by atoms with van der Waals surface area (Å²) in [5, 5.41) is 1.14. The molecular formula is C13H16BrO3PS. The van der Waals surface area contributed by atoms with E-state index in [2.05, 4.69) is 22.0 Å². The number of thiophene rings is 1. The van der Waals surface area contributed by atoms with Crippen molar-refractivity contribution in [3.8, 4) is 0 Å². The molecule has 0 fully saturated rings. The topological polar surface area (TPSA) is 35.5 Å². The van der Waals surface area contributed by atoms with Crippen molar-refractivity contribution in [3.63, 3.8) is 0 Å². The van der Waals surface area contributed by atoms with Gasteiger partial charge in [0.2, 0.25) is 0 Å². The Kier molecular flexibility index (Phi) is 5.21. The van der Waals surface area contributed by atoms with E-state index >= 15 is 0 Å². The molecule has 0 aliphatic rings. The predicted octanol–water partition coefficient (Wildman–Crippen LogP) is 5.43. The molecule has 0 saturated carbocycles. The second-order valence-corrected chi connectivity index (χ2v) is 7.92. The van der Waals surface area contributed by atoms with Gasteiger partial charge < -0.3 is 9.05 Å². The van der Waals surface area contributed by atoms with E-state index in [0.29, 0.717) is 19.4 Å². The van der Waals surface area contributed by atoms with Crippen molar-refractivity contribution >= 4 is 44.9 Å². The molecule has 1 aromatic carbocycles. The van der Waals surface area contributed by atoms with Crippen molar-refractivity contribution in [2.45, 2.75) is 20.0 Å². The van der Waals surface area contributed by atoms with E-state index < -0.39 is 7.60 Å². The Hall–Kier alpha value is -0.190. The number of rotatable bonds is 6. The van der Waals surface area contributed by atoms with Gasteiger partial charge in [0.05, 0.1) is 19.4 Å². The molecule has 6 heteroatoms. The van der Waals surface area contributed by atoms with Crippen LogP contribution in [0.5, 0.6) is 0 Å². The number of halogens is 1. The molecule has 0 atom stereocenters. The molecule has 3 nitrogen and oxygen atoms in total. The first-order valence-corrected chi connectivity index (χ1v) is 9.47. The van der Waals surface area contributed by atoms with Crippen LogP contribution in [0.15, 0.2) is 28.7 Å². The molecule has 2 aromatic rings. The molecule has 104 valence electrons. The summed E-state index contributed by atoms with van der Waals surface area (Å²) in [5.41, 5.74) is 0. The van der Waals surface area contributed by atoms with Crippen molar-refractivity contribution in [2.75, 3.05) is 13.2 Å². The second-order valence-electron chi connectivity index (χ2n) is 3.94. The highest BCUT2D eigenvalue weighted by atomic mass is 79.9. The summed E-state index contributed by atoms with van der Waals surface area (Å²) < 4.78 is 25.4. The maximum absolute atomic E-state index is 12.6. The van der Waals surface area contributed by atoms with E-state index in [-0.39, 0.29) is 0 Å². The zero-order valence-corrected chi connectivity index (χ0v) is 14.2. The minimum Gasteiger partial charge on any atom is -0.309 e. The fraction of sp³-hybridized carbons (Fsp3) is 0.385. The van der Waals surface area contributed by atoms with E-state index in [1.807, 2.05) is 32.0 Å². The third-order valence-corrected chi connectivity index (χ3v) is 7.15. The molecule has 1 heterocycles. The van der Waals surface area contributed by atoms with Gasteiger partial charge in [0.15, 0.2) is 0 Å². The summed E-state index contributed by atoms with van der Waals surface area (Å²) in [7, 11) is -3.04. The third kappa shape index (κ3) is 3.47. The fourth-order valence-corrected chi connectivity index (χ4v) is 6.12. The number of hydrogen-bond donors (Lipinski definition) is 0. The van der Waals surface area contributed by atoms with Crippen LogP contribution < -0.4 is 0 Å². The second kappa shape index (κ2) is 6.51. The molecular weight excluding hydrogens is 347 g/mol. The van der Waals surface area contributed by atoms with Gasteiger partial charge in [-0.05, 0) is 35.8 Å². The number of hydrogen-bond acceptors (Lipinski definition) is 4. The molecule has 0 N–H and O–H groups in total. The minimum absolute atomic E-state index is 0.314. The van der Waals surface area contributed by atoms with E-state index in [0.717, 1.165) is 14.7 Å². The van der Waals surface area contributed by atoms with E-state index in [9.17, 15) is 4.57 Å². The third-order valence-electron chi connectivity index (χ3n) is 2.59. The van der Waals surface area contributed by atoms with Crippen LogP contribution in [-0.4, -0.2) is 13.2 Å². The van der Waals surface area contributed by atoms with Gasteiger partial charge >= 0.3 is 7.60 Å². The lowest BCUT2D eigenvalue weighted by atomic mass is 10.2. The monoisotopic (exact) mass is 362 g/mol. The first kappa shape index (κ1) is 15.2. The van der Waals surface area contributed by atoms with E-state index in [4.69, 9.17) is 9.05 Å². The summed E-state index contributed by atoms with van der Waals surface area (Å²) in [6, 6.07) is 8.10. The lowest BCUT2D eigenvalue weighted by molar-refractivity contribution is 0.219. The quantitative estimate of drug-likeness (QED) is 0.642. The van der Waals surface area contributed by atoms with E-state index in [1.165, 1.54) is 4.70 Å². The van der Waals surface area contributed by atoms with Gasteiger partial charge in [-0.2, -0.15) is 0 Å². The standard InChI is InChI=1S/C13H16BrO3PS/c1-3-16-18(15,17-4-2)9-12-13(14)10-7-5-6-8-11(10)19-12/h5-8H,3-4,9H2,1-2H3. The zero-order valence-electron chi connectivity index (χ0n) is 10.9. The predicted molar refractivity (Wildman–Crippen MR) is 84.1 cm³/mol. The van der Waals surface area contributed by atoms with Gasteiger partial charge in [-0.1, -0.05) is 18.2 Å². The maximum atomic E-state index is 12.6. The van der Waals surface area contributed by atoms with Gasteiger partial charge in [-0.25, -0.2) is 0 Å². The highest BCUT2D eigenvalue weighted by Crippen LogP contribution is 2.54. The summed E-state index contributed by atoms with van der Waals surface area (Å²) in [6.07, 6.45) is 0.314. The van der Waals surface area contributed by atoms with Gasteiger partial charge in [0.1, 0.15) is 0 Å². The molecule has 0 radical (unpaired) electrons. The Labute approximate surface area is 125 Å². The first-order chi connectivity index (χ1) is 9.09. The van der Waals surface area contributed by atoms with Gasteiger partial charge in [-0.3, -0.25) is 4.57 Å². The van der Waals surface area contributed by atoms with Crippen LogP contribution in [0.4, 0.5) is 0 Å². The molecule has 0 amide bonds. The molecule has 0 spiro atoms. The molecule has 19 heavy (non-hydrogen) atoms. The van der Waals surface area contributed by atoms with Crippen molar-refractivity contribution in [1.82, 2.24) is 0 Å². The minimum atomic E-state index is -3.04. The van der Waals surface area contributed by atoms with Crippen LogP contribution in [0.3, 0.4) is 0 Å². The Bertz CT molecular complexity index is 601. The molecule has 0 saturated heterocycles. The molecule has 0 bridgehead atoms. The van der Waals surface area contributed by atoms with Crippen molar-refractivity contribution < 1.29 is 13.6 Å². The summed E-state index contributed by atoms with van der Waals surface area (Å²) in [6.45, 7) is 4.43. The highest BCUT2D eigenvalue weighted by molar-refractivity contribution is 9.10. The molecule has 2 rings (SSSR count).